The summed E-state index contributed by atoms with van der Waals surface area (Å²) in [4.78, 5) is 11.8. The Morgan fingerprint density at radius 3 is 2.53 bits per heavy atom. The highest BCUT2D eigenvalue weighted by Gasteiger charge is 2.10. The first-order valence-electron chi connectivity index (χ1n) is 5.29. The standard InChI is InChI=1S/C14H9ClO2/c1-8-6-7-11-12(13(8)15)9-4-2-3-5-10(9)14(16)17-11/h2-7H,1H3. The molecular weight excluding hydrogens is 236 g/mol. The van der Waals surface area contributed by atoms with Crippen LogP contribution in [0.4, 0.5) is 0 Å². The van der Waals surface area contributed by atoms with Crippen LogP contribution in [-0.4, -0.2) is 0 Å². The van der Waals surface area contributed by atoms with E-state index in [0.717, 1.165) is 16.3 Å². The van der Waals surface area contributed by atoms with E-state index in [1.54, 1.807) is 12.1 Å². The predicted molar refractivity (Wildman–Crippen MR) is 69.7 cm³/mol. The minimum Gasteiger partial charge on any atom is -0.422 e. The molecule has 0 aliphatic carbocycles. The van der Waals surface area contributed by atoms with Gasteiger partial charge in [-0.15, -0.1) is 0 Å². The van der Waals surface area contributed by atoms with Gasteiger partial charge in [0.25, 0.3) is 0 Å². The van der Waals surface area contributed by atoms with Gasteiger partial charge in [0.05, 0.1) is 10.4 Å². The first-order valence-corrected chi connectivity index (χ1v) is 5.67. The topological polar surface area (TPSA) is 30.2 Å². The highest BCUT2D eigenvalue weighted by Crippen LogP contribution is 2.31. The first kappa shape index (κ1) is 10.4. The van der Waals surface area contributed by atoms with Gasteiger partial charge in [-0.05, 0) is 24.6 Å². The summed E-state index contributed by atoms with van der Waals surface area (Å²) in [7, 11) is 0. The highest BCUT2D eigenvalue weighted by atomic mass is 35.5. The molecule has 2 aromatic carbocycles. The van der Waals surface area contributed by atoms with E-state index >= 15 is 0 Å². The van der Waals surface area contributed by atoms with Crippen molar-refractivity contribution in [3.63, 3.8) is 0 Å². The Bertz CT molecular complexity index is 787. The molecule has 0 spiro atoms. The van der Waals surface area contributed by atoms with Crippen molar-refractivity contribution >= 4 is 33.3 Å². The van der Waals surface area contributed by atoms with E-state index in [2.05, 4.69) is 0 Å². The molecule has 0 unspecified atom stereocenters. The fourth-order valence-electron chi connectivity index (χ4n) is 2.03. The molecule has 3 aromatic rings. The number of fused-ring (bicyclic) bond motifs is 3. The number of benzene rings is 2. The summed E-state index contributed by atoms with van der Waals surface area (Å²) in [6, 6.07) is 11.0. The van der Waals surface area contributed by atoms with E-state index in [-0.39, 0.29) is 5.63 Å². The highest BCUT2D eigenvalue weighted by molar-refractivity contribution is 6.38. The third kappa shape index (κ3) is 1.45. The van der Waals surface area contributed by atoms with Crippen molar-refractivity contribution in [2.75, 3.05) is 0 Å². The fraction of sp³-hybridized carbons (Fsp3) is 0.0714. The maximum absolute atomic E-state index is 11.8. The van der Waals surface area contributed by atoms with Crippen molar-refractivity contribution < 1.29 is 4.42 Å². The number of halogens is 1. The molecule has 0 fully saturated rings. The van der Waals surface area contributed by atoms with Crippen LogP contribution < -0.4 is 5.63 Å². The van der Waals surface area contributed by atoms with Crippen LogP contribution in [0.2, 0.25) is 5.02 Å². The third-order valence-electron chi connectivity index (χ3n) is 2.92. The van der Waals surface area contributed by atoms with Gasteiger partial charge in [0.1, 0.15) is 5.58 Å². The summed E-state index contributed by atoms with van der Waals surface area (Å²) in [6.45, 7) is 1.93. The van der Waals surface area contributed by atoms with Crippen LogP contribution in [0.15, 0.2) is 45.6 Å². The van der Waals surface area contributed by atoms with Crippen molar-refractivity contribution in [3.05, 3.63) is 57.4 Å². The molecule has 0 bridgehead atoms. The van der Waals surface area contributed by atoms with Crippen molar-refractivity contribution in [1.82, 2.24) is 0 Å². The molecular formula is C14H9ClO2. The molecule has 0 saturated heterocycles. The van der Waals surface area contributed by atoms with Crippen molar-refractivity contribution in [3.8, 4) is 0 Å². The van der Waals surface area contributed by atoms with Gasteiger partial charge in [0.15, 0.2) is 0 Å². The Balaban J connectivity index is 2.71. The molecule has 3 heteroatoms. The molecule has 0 amide bonds. The fourth-order valence-corrected chi connectivity index (χ4v) is 2.29. The number of rotatable bonds is 0. The van der Waals surface area contributed by atoms with Crippen molar-refractivity contribution in [2.45, 2.75) is 6.92 Å². The van der Waals surface area contributed by atoms with Crippen LogP contribution in [-0.2, 0) is 0 Å². The number of hydrogen-bond donors (Lipinski definition) is 0. The molecule has 0 N–H and O–H groups in total. The summed E-state index contributed by atoms with van der Waals surface area (Å²) in [5, 5.41) is 2.85. The second-order valence-electron chi connectivity index (χ2n) is 4.00. The van der Waals surface area contributed by atoms with E-state index in [1.165, 1.54) is 0 Å². The number of hydrogen-bond acceptors (Lipinski definition) is 2. The molecule has 0 aliphatic heterocycles. The molecule has 0 atom stereocenters. The molecule has 3 rings (SSSR count). The van der Waals surface area contributed by atoms with Gasteiger partial charge >= 0.3 is 5.63 Å². The van der Waals surface area contributed by atoms with Gasteiger partial charge in [0.2, 0.25) is 0 Å². The molecule has 0 aliphatic rings. The SMILES string of the molecule is Cc1ccc2oc(=O)c3ccccc3c2c1Cl. The van der Waals surface area contributed by atoms with E-state index in [4.69, 9.17) is 16.0 Å². The third-order valence-corrected chi connectivity index (χ3v) is 3.40. The quantitative estimate of drug-likeness (QED) is 0.443. The van der Waals surface area contributed by atoms with Crippen LogP contribution in [0.5, 0.6) is 0 Å². The summed E-state index contributed by atoms with van der Waals surface area (Å²) in [5.41, 5.74) is 1.18. The molecule has 1 aromatic heterocycles. The lowest BCUT2D eigenvalue weighted by Crippen LogP contribution is -1.99. The average molecular weight is 245 g/mol. The van der Waals surface area contributed by atoms with E-state index < -0.39 is 0 Å². The Kier molecular flexibility index (Phi) is 2.20. The van der Waals surface area contributed by atoms with Crippen LogP contribution in [0.1, 0.15) is 5.56 Å². The number of aryl methyl sites for hydroxylation is 1. The van der Waals surface area contributed by atoms with E-state index in [9.17, 15) is 4.79 Å². The van der Waals surface area contributed by atoms with Gasteiger partial charge in [-0.25, -0.2) is 4.79 Å². The zero-order valence-corrected chi connectivity index (χ0v) is 9.91. The Hall–Kier alpha value is -1.80. The van der Waals surface area contributed by atoms with Gasteiger partial charge in [0, 0.05) is 10.8 Å². The minimum absolute atomic E-state index is 0.326. The van der Waals surface area contributed by atoms with Crippen LogP contribution in [0.25, 0.3) is 21.7 Å². The first-order chi connectivity index (χ1) is 8.18. The molecule has 84 valence electrons. The van der Waals surface area contributed by atoms with Gasteiger partial charge in [-0.2, -0.15) is 0 Å². The van der Waals surface area contributed by atoms with Crippen LogP contribution in [0.3, 0.4) is 0 Å². The zero-order chi connectivity index (χ0) is 12.0. The van der Waals surface area contributed by atoms with Gasteiger partial charge in [-0.1, -0.05) is 35.9 Å². The lowest BCUT2D eigenvalue weighted by Gasteiger charge is -2.06. The van der Waals surface area contributed by atoms with E-state index in [0.29, 0.717) is 16.0 Å². The molecule has 0 radical (unpaired) electrons. The van der Waals surface area contributed by atoms with Crippen molar-refractivity contribution in [1.29, 1.82) is 0 Å². The molecule has 0 saturated carbocycles. The maximum Gasteiger partial charge on any atom is 0.344 e. The largest absolute Gasteiger partial charge is 0.422 e. The predicted octanol–water partition coefficient (Wildman–Crippen LogP) is 3.91. The van der Waals surface area contributed by atoms with Gasteiger partial charge in [-0.3, -0.25) is 0 Å². The monoisotopic (exact) mass is 244 g/mol. The van der Waals surface area contributed by atoms with Crippen LogP contribution >= 0.6 is 11.6 Å². The van der Waals surface area contributed by atoms with Crippen molar-refractivity contribution in [2.24, 2.45) is 0 Å². The molecule has 1 heterocycles. The normalized spacial score (nSPS) is 11.2. The Morgan fingerprint density at radius 2 is 1.76 bits per heavy atom. The zero-order valence-electron chi connectivity index (χ0n) is 9.16. The minimum atomic E-state index is -0.326. The second-order valence-corrected chi connectivity index (χ2v) is 4.38. The second kappa shape index (κ2) is 3.60. The average Bonchev–Trinajstić information content (AvgIpc) is 2.34. The molecule has 17 heavy (non-hydrogen) atoms. The summed E-state index contributed by atoms with van der Waals surface area (Å²) >= 11 is 6.30. The lowest BCUT2D eigenvalue weighted by atomic mass is 10.1. The summed E-state index contributed by atoms with van der Waals surface area (Å²) in [5.74, 6) is 0. The van der Waals surface area contributed by atoms with Crippen LogP contribution in [0, 0.1) is 6.92 Å². The van der Waals surface area contributed by atoms with E-state index in [1.807, 2.05) is 31.2 Å². The Morgan fingerprint density at radius 1 is 1.06 bits per heavy atom. The Labute approximate surface area is 102 Å². The lowest BCUT2D eigenvalue weighted by molar-refractivity contribution is 0.569. The molecule has 2 nitrogen and oxygen atoms in total. The summed E-state index contributed by atoms with van der Waals surface area (Å²) < 4.78 is 5.27. The van der Waals surface area contributed by atoms with Gasteiger partial charge < -0.3 is 4.42 Å². The smallest absolute Gasteiger partial charge is 0.344 e. The maximum atomic E-state index is 11.8. The summed E-state index contributed by atoms with van der Waals surface area (Å²) in [6.07, 6.45) is 0.